The number of aryl methyl sites for hydroxylation is 2. The molecule has 2 aromatic carbocycles. The molecule has 2 heterocycles. The molecule has 192 valence electrons. The maximum absolute atomic E-state index is 13.8. The molecule has 0 spiro atoms. The lowest BCUT2D eigenvalue weighted by atomic mass is 9.97. The van der Waals surface area contributed by atoms with Gasteiger partial charge in [-0.05, 0) is 61.6 Å². The molecule has 1 unspecified atom stereocenters. The van der Waals surface area contributed by atoms with Crippen LogP contribution >= 0.6 is 0 Å². The molecule has 1 atom stereocenters. The van der Waals surface area contributed by atoms with E-state index >= 15 is 0 Å². The van der Waals surface area contributed by atoms with Gasteiger partial charge in [0.25, 0.3) is 5.91 Å². The van der Waals surface area contributed by atoms with Crippen LogP contribution in [-0.2, 0) is 0 Å². The van der Waals surface area contributed by atoms with E-state index in [1.54, 1.807) is 12.0 Å². The molecular weight excluding hydrogens is 454 g/mol. The van der Waals surface area contributed by atoms with E-state index in [2.05, 4.69) is 13.8 Å². The largest absolute Gasteiger partial charge is 0.493 e. The Morgan fingerprint density at radius 2 is 1.72 bits per heavy atom. The van der Waals surface area contributed by atoms with Crippen molar-refractivity contribution in [3.63, 3.8) is 0 Å². The van der Waals surface area contributed by atoms with Crippen LogP contribution in [0, 0.1) is 13.8 Å². The molecule has 0 fully saturated rings. The molecule has 1 aromatic heterocycles. The monoisotopic (exact) mass is 491 g/mol. The fourth-order valence-corrected chi connectivity index (χ4v) is 5.06. The standard InChI is InChI=1S/C30H37NO5/c1-6-8-10-11-15-35-23-13-12-21(18-24(23)34-5)26-25-27(32)22-17-19(3)16-20(4)28(22)36-29(25)30(33)31(26)14-9-7-2/h12-13,16-18,26H,6-11,14-15H2,1-5H3. The van der Waals surface area contributed by atoms with Crippen LogP contribution in [0.2, 0.25) is 0 Å². The highest BCUT2D eigenvalue weighted by molar-refractivity contribution is 5.99. The minimum Gasteiger partial charge on any atom is -0.493 e. The highest BCUT2D eigenvalue weighted by Gasteiger charge is 2.42. The summed E-state index contributed by atoms with van der Waals surface area (Å²) in [5.41, 5.74) is 3.39. The third-order valence-corrected chi connectivity index (χ3v) is 6.91. The van der Waals surface area contributed by atoms with Crippen molar-refractivity contribution in [2.24, 2.45) is 0 Å². The molecule has 6 nitrogen and oxygen atoms in total. The van der Waals surface area contributed by atoms with E-state index in [-0.39, 0.29) is 17.1 Å². The highest BCUT2D eigenvalue weighted by atomic mass is 16.5. The number of nitrogens with zero attached hydrogens (tertiary/aromatic N) is 1. The van der Waals surface area contributed by atoms with Gasteiger partial charge in [-0.15, -0.1) is 0 Å². The summed E-state index contributed by atoms with van der Waals surface area (Å²) in [5.74, 6) is 1.17. The number of amides is 1. The van der Waals surface area contributed by atoms with Crippen molar-refractivity contribution < 1.29 is 18.7 Å². The van der Waals surface area contributed by atoms with E-state index in [9.17, 15) is 9.59 Å². The number of hydrogen-bond donors (Lipinski definition) is 0. The predicted octanol–water partition coefficient (Wildman–Crippen LogP) is 6.72. The normalized spacial score (nSPS) is 15.0. The summed E-state index contributed by atoms with van der Waals surface area (Å²) in [6, 6.07) is 8.98. The van der Waals surface area contributed by atoms with Crippen molar-refractivity contribution in [1.82, 2.24) is 4.90 Å². The van der Waals surface area contributed by atoms with Gasteiger partial charge >= 0.3 is 0 Å². The highest BCUT2D eigenvalue weighted by Crippen LogP contribution is 2.41. The van der Waals surface area contributed by atoms with Crippen molar-refractivity contribution in [3.05, 3.63) is 68.6 Å². The molecule has 0 saturated carbocycles. The zero-order valence-electron chi connectivity index (χ0n) is 22.1. The average molecular weight is 492 g/mol. The number of carbonyl (C=O) groups is 1. The van der Waals surface area contributed by atoms with Gasteiger partial charge in [0.2, 0.25) is 5.76 Å². The van der Waals surface area contributed by atoms with Gasteiger partial charge in [-0.25, -0.2) is 0 Å². The number of fused-ring (bicyclic) bond motifs is 2. The molecule has 0 aliphatic carbocycles. The van der Waals surface area contributed by atoms with E-state index in [4.69, 9.17) is 13.9 Å². The smallest absolute Gasteiger partial charge is 0.290 e. The topological polar surface area (TPSA) is 69.0 Å². The summed E-state index contributed by atoms with van der Waals surface area (Å²) < 4.78 is 17.8. The first-order valence-electron chi connectivity index (χ1n) is 13.1. The van der Waals surface area contributed by atoms with Crippen LogP contribution < -0.4 is 14.9 Å². The summed E-state index contributed by atoms with van der Waals surface area (Å²) >= 11 is 0. The minimum atomic E-state index is -0.534. The van der Waals surface area contributed by atoms with Crippen molar-refractivity contribution in [2.45, 2.75) is 72.3 Å². The van der Waals surface area contributed by atoms with Gasteiger partial charge in [-0.3, -0.25) is 9.59 Å². The molecule has 4 rings (SSSR count). The van der Waals surface area contributed by atoms with E-state index in [1.165, 1.54) is 12.8 Å². The van der Waals surface area contributed by atoms with Gasteiger partial charge in [-0.1, -0.05) is 51.7 Å². The zero-order chi connectivity index (χ0) is 25.8. The summed E-state index contributed by atoms with van der Waals surface area (Å²) in [6.07, 6.45) is 6.25. The van der Waals surface area contributed by atoms with Gasteiger partial charge in [0.15, 0.2) is 16.9 Å². The van der Waals surface area contributed by atoms with Crippen LogP contribution in [0.25, 0.3) is 11.0 Å². The second kappa shape index (κ2) is 11.2. The Kier molecular flexibility index (Phi) is 8.02. The fourth-order valence-electron chi connectivity index (χ4n) is 5.06. The molecule has 36 heavy (non-hydrogen) atoms. The lowest BCUT2D eigenvalue weighted by Gasteiger charge is -2.25. The van der Waals surface area contributed by atoms with Gasteiger partial charge in [0, 0.05) is 6.54 Å². The van der Waals surface area contributed by atoms with Crippen molar-refractivity contribution in [2.75, 3.05) is 20.3 Å². The van der Waals surface area contributed by atoms with E-state index in [0.29, 0.717) is 41.2 Å². The lowest BCUT2D eigenvalue weighted by Crippen LogP contribution is -2.30. The first kappa shape index (κ1) is 25.8. The zero-order valence-corrected chi connectivity index (χ0v) is 22.1. The Morgan fingerprint density at radius 3 is 2.44 bits per heavy atom. The molecule has 6 heteroatoms. The van der Waals surface area contributed by atoms with E-state index in [0.717, 1.165) is 42.4 Å². The quantitative estimate of drug-likeness (QED) is 0.278. The van der Waals surface area contributed by atoms with Crippen LogP contribution in [-0.4, -0.2) is 31.1 Å². The van der Waals surface area contributed by atoms with Crippen LogP contribution in [0.4, 0.5) is 0 Å². The third kappa shape index (κ3) is 4.86. The number of rotatable bonds is 11. The van der Waals surface area contributed by atoms with Crippen molar-refractivity contribution >= 4 is 16.9 Å². The Bertz CT molecular complexity index is 1310. The van der Waals surface area contributed by atoms with Gasteiger partial charge in [0.05, 0.1) is 30.7 Å². The van der Waals surface area contributed by atoms with Gasteiger partial charge in [-0.2, -0.15) is 0 Å². The van der Waals surface area contributed by atoms with Crippen molar-refractivity contribution in [3.8, 4) is 11.5 Å². The molecule has 0 bridgehead atoms. The third-order valence-electron chi connectivity index (χ3n) is 6.91. The number of carbonyl (C=O) groups excluding carboxylic acids is 1. The predicted molar refractivity (Wildman–Crippen MR) is 142 cm³/mol. The van der Waals surface area contributed by atoms with Gasteiger partial charge < -0.3 is 18.8 Å². The molecule has 1 amide bonds. The second-order valence-electron chi connectivity index (χ2n) is 9.71. The molecule has 1 aliphatic heterocycles. The Balaban J connectivity index is 1.78. The Labute approximate surface area is 213 Å². The summed E-state index contributed by atoms with van der Waals surface area (Å²) in [5, 5.41) is 0.514. The Hall–Kier alpha value is -3.28. The molecule has 0 radical (unpaired) electrons. The maximum atomic E-state index is 13.8. The molecule has 0 N–H and O–H groups in total. The number of benzene rings is 2. The number of ether oxygens (including phenoxy) is 2. The first-order chi connectivity index (χ1) is 17.4. The molecule has 3 aromatic rings. The first-order valence-corrected chi connectivity index (χ1v) is 13.1. The van der Waals surface area contributed by atoms with Crippen LogP contribution in [0.1, 0.15) is 91.2 Å². The lowest BCUT2D eigenvalue weighted by molar-refractivity contribution is 0.0725. The average Bonchev–Trinajstić information content (AvgIpc) is 3.15. The van der Waals surface area contributed by atoms with Crippen LogP contribution in [0.15, 0.2) is 39.5 Å². The molecule has 0 saturated heterocycles. The summed E-state index contributed by atoms with van der Waals surface area (Å²) in [7, 11) is 1.61. The van der Waals surface area contributed by atoms with Crippen molar-refractivity contribution in [1.29, 1.82) is 0 Å². The maximum Gasteiger partial charge on any atom is 0.290 e. The fraction of sp³-hybridized carbons (Fsp3) is 0.467. The SMILES string of the molecule is CCCCCCOc1ccc(C2c3c(oc4c(C)cc(C)cc4c3=O)C(=O)N2CCCC)cc1OC. The number of hydrogen-bond acceptors (Lipinski definition) is 5. The summed E-state index contributed by atoms with van der Waals surface area (Å²) in [4.78, 5) is 29.1. The van der Waals surface area contributed by atoms with Crippen LogP contribution in [0.3, 0.4) is 0 Å². The minimum absolute atomic E-state index is 0.148. The van der Waals surface area contributed by atoms with Crippen LogP contribution in [0.5, 0.6) is 11.5 Å². The summed E-state index contributed by atoms with van der Waals surface area (Å²) in [6.45, 7) is 9.29. The molecule has 1 aliphatic rings. The number of unbranched alkanes of at least 4 members (excludes halogenated alkanes) is 4. The van der Waals surface area contributed by atoms with Gasteiger partial charge in [0.1, 0.15) is 5.58 Å². The number of methoxy groups -OCH3 is 1. The Morgan fingerprint density at radius 1 is 0.944 bits per heavy atom. The second-order valence-corrected chi connectivity index (χ2v) is 9.71. The van der Waals surface area contributed by atoms with E-state index in [1.807, 2.05) is 44.2 Å². The van der Waals surface area contributed by atoms with E-state index < -0.39 is 6.04 Å². The molecular formula is C30H37NO5.